The van der Waals surface area contributed by atoms with Gasteiger partial charge >= 0.3 is 0 Å². The molecule has 12 heavy (non-hydrogen) atoms. The van der Waals surface area contributed by atoms with Gasteiger partial charge in [0, 0.05) is 12.3 Å². The van der Waals surface area contributed by atoms with Crippen molar-refractivity contribution in [3.05, 3.63) is 0 Å². The van der Waals surface area contributed by atoms with Crippen LogP contribution in [0.2, 0.25) is 0 Å². The van der Waals surface area contributed by atoms with Gasteiger partial charge in [0.15, 0.2) is 0 Å². The fourth-order valence-electron chi connectivity index (χ4n) is 0.887. The molecule has 0 saturated carbocycles. The number of nitrogens with zero attached hydrogens (tertiary/aromatic N) is 1. The molecular weight excluding hydrogens is 210 g/mol. The first-order chi connectivity index (χ1) is 5.75. The Bertz CT molecular complexity index is 195. The summed E-state index contributed by atoms with van der Waals surface area (Å²) in [6.07, 6.45) is 0. The number of amides is 1. The lowest BCUT2D eigenvalue weighted by Crippen LogP contribution is -2.32. The largest absolute Gasteiger partial charge is 0.296 e. The molecule has 1 saturated heterocycles. The Balaban J connectivity index is 2.36. The molecule has 0 aromatic carbocycles. The summed E-state index contributed by atoms with van der Waals surface area (Å²) in [5.41, 5.74) is 0. The van der Waals surface area contributed by atoms with Crippen LogP contribution < -0.4 is 0 Å². The number of hydrogen-bond acceptors (Lipinski definition) is 4. The van der Waals surface area contributed by atoms with Crippen molar-refractivity contribution in [2.45, 2.75) is 6.92 Å². The van der Waals surface area contributed by atoms with Crippen molar-refractivity contribution in [1.29, 1.82) is 0 Å². The van der Waals surface area contributed by atoms with Gasteiger partial charge in [-0.15, -0.1) is 0 Å². The van der Waals surface area contributed by atoms with Crippen molar-refractivity contribution in [2.24, 2.45) is 0 Å². The van der Waals surface area contributed by atoms with Crippen molar-refractivity contribution in [3.8, 4) is 0 Å². The van der Waals surface area contributed by atoms with Crippen LogP contribution in [0, 0.1) is 0 Å². The summed E-state index contributed by atoms with van der Waals surface area (Å²) in [6, 6.07) is 0. The highest BCUT2D eigenvalue weighted by atomic mass is 32.2. The number of carbonyl (C=O) groups is 1. The van der Waals surface area contributed by atoms with Crippen molar-refractivity contribution in [1.82, 2.24) is 4.90 Å². The summed E-state index contributed by atoms with van der Waals surface area (Å²) in [5.74, 6) is 2.68. The molecule has 0 radical (unpaired) electrons. The standard InChI is InChI=1S/C7H11NOS3/c1-2-11-5-6(9)8-3-4-12-7(8)10/h2-5H2,1H3. The molecule has 1 rings (SSSR count). The number of thioether (sulfide) groups is 2. The molecule has 1 aliphatic rings. The molecule has 0 aromatic rings. The Morgan fingerprint density at radius 3 is 3.08 bits per heavy atom. The maximum absolute atomic E-state index is 11.4. The molecular formula is C7H11NOS3. The van der Waals surface area contributed by atoms with E-state index in [2.05, 4.69) is 6.92 Å². The molecule has 68 valence electrons. The van der Waals surface area contributed by atoms with E-state index < -0.39 is 0 Å². The predicted molar refractivity (Wildman–Crippen MR) is 59.8 cm³/mol. The van der Waals surface area contributed by atoms with Gasteiger partial charge in [0.25, 0.3) is 0 Å². The lowest BCUT2D eigenvalue weighted by Gasteiger charge is -2.13. The van der Waals surface area contributed by atoms with Gasteiger partial charge in [-0.1, -0.05) is 30.9 Å². The second-order valence-electron chi connectivity index (χ2n) is 2.30. The fraction of sp³-hybridized carbons (Fsp3) is 0.714. The zero-order valence-electron chi connectivity index (χ0n) is 6.91. The van der Waals surface area contributed by atoms with Gasteiger partial charge in [-0.25, -0.2) is 0 Å². The Morgan fingerprint density at radius 1 is 1.83 bits per heavy atom. The van der Waals surface area contributed by atoms with Crippen LogP contribution in [0.4, 0.5) is 0 Å². The van der Waals surface area contributed by atoms with Gasteiger partial charge < -0.3 is 0 Å². The van der Waals surface area contributed by atoms with Crippen molar-refractivity contribution in [3.63, 3.8) is 0 Å². The highest BCUT2D eigenvalue weighted by Crippen LogP contribution is 2.18. The number of rotatable bonds is 3. The molecule has 0 bridgehead atoms. The Morgan fingerprint density at radius 2 is 2.58 bits per heavy atom. The van der Waals surface area contributed by atoms with Crippen molar-refractivity contribution >= 4 is 46.0 Å². The minimum Gasteiger partial charge on any atom is -0.296 e. The average Bonchev–Trinajstić information content (AvgIpc) is 2.47. The number of carbonyl (C=O) groups excluding carboxylic acids is 1. The van der Waals surface area contributed by atoms with Crippen LogP contribution in [-0.4, -0.2) is 38.9 Å². The van der Waals surface area contributed by atoms with Crippen LogP contribution in [0.1, 0.15) is 6.92 Å². The molecule has 1 amide bonds. The third kappa shape index (κ3) is 2.64. The van der Waals surface area contributed by atoms with E-state index in [1.54, 1.807) is 28.4 Å². The van der Waals surface area contributed by atoms with Crippen LogP contribution in [0.3, 0.4) is 0 Å². The highest BCUT2D eigenvalue weighted by Gasteiger charge is 2.23. The molecule has 0 atom stereocenters. The van der Waals surface area contributed by atoms with E-state index in [1.165, 1.54) is 0 Å². The first-order valence-electron chi connectivity index (χ1n) is 3.80. The lowest BCUT2D eigenvalue weighted by molar-refractivity contribution is -0.124. The van der Waals surface area contributed by atoms with Gasteiger partial charge in [-0.2, -0.15) is 11.8 Å². The Hall–Kier alpha value is 0.260. The van der Waals surface area contributed by atoms with E-state index in [1.807, 2.05) is 0 Å². The first-order valence-corrected chi connectivity index (χ1v) is 6.35. The SMILES string of the molecule is CCSCC(=O)N1CCSC1=S. The third-order valence-corrected chi connectivity index (χ3v) is 3.78. The second-order valence-corrected chi connectivity index (χ2v) is 5.30. The smallest absolute Gasteiger partial charge is 0.238 e. The van der Waals surface area contributed by atoms with Crippen LogP contribution >= 0.6 is 35.7 Å². The van der Waals surface area contributed by atoms with Crippen LogP contribution in [-0.2, 0) is 4.79 Å². The van der Waals surface area contributed by atoms with E-state index in [4.69, 9.17) is 12.2 Å². The number of hydrogen-bond donors (Lipinski definition) is 0. The lowest BCUT2D eigenvalue weighted by atomic mass is 10.5. The highest BCUT2D eigenvalue weighted by molar-refractivity contribution is 8.23. The van der Waals surface area contributed by atoms with Crippen molar-refractivity contribution in [2.75, 3.05) is 23.8 Å². The van der Waals surface area contributed by atoms with Crippen LogP contribution in [0.25, 0.3) is 0 Å². The average molecular weight is 221 g/mol. The van der Waals surface area contributed by atoms with Gasteiger partial charge in [0.05, 0.1) is 5.75 Å². The molecule has 1 aliphatic heterocycles. The molecule has 1 fully saturated rings. The van der Waals surface area contributed by atoms with E-state index >= 15 is 0 Å². The van der Waals surface area contributed by atoms with E-state index in [-0.39, 0.29) is 5.91 Å². The van der Waals surface area contributed by atoms with Gasteiger partial charge in [0.2, 0.25) is 5.91 Å². The van der Waals surface area contributed by atoms with Crippen molar-refractivity contribution < 1.29 is 4.79 Å². The van der Waals surface area contributed by atoms with Crippen LogP contribution in [0.5, 0.6) is 0 Å². The normalized spacial score (nSPS) is 17.1. The monoisotopic (exact) mass is 221 g/mol. The minimum absolute atomic E-state index is 0.164. The Kier molecular flexibility index (Phi) is 4.39. The summed E-state index contributed by atoms with van der Waals surface area (Å²) < 4.78 is 0.747. The van der Waals surface area contributed by atoms with Crippen LogP contribution in [0.15, 0.2) is 0 Å². The Labute approximate surface area is 86.4 Å². The molecule has 0 unspecified atom stereocenters. The summed E-state index contributed by atoms with van der Waals surface area (Å²) in [7, 11) is 0. The fourth-order valence-corrected chi connectivity index (χ4v) is 2.66. The van der Waals surface area contributed by atoms with Gasteiger partial charge in [0.1, 0.15) is 4.32 Å². The quantitative estimate of drug-likeness (QED) is 0.674. The van der Waals surface area contributed by atoms with Gasteiger partial charge in [-0.05, 0) is 5.75 Å². The van der Waals surface area contributed by atoms with E-state index in [0.29, 0.717) is 5.75 Å². The predicted octanol–water partition coefficient (Wildman–Crippen LogP) is 1.60. The molecule has 0 spiro atoms. The van der Waals surface area contributed by atoms with E-state index in [9.17, 15) is 4.79 Å². The summed E-state index contributed by atoms with van der Waals surface area (Å²) in [4.78, 5) is 13.1. The summed E-state index contributed by atoms with van der Waals surface area (Å²) in [5, 5.41) is 0. The minimum atomic E-state index is 0.164. The molecule has 1 heterocycles. The maximum atomic E-state index is 11.4. The molecule has 5 heteroatoms. The number of thiocarbonyl (C=S) groups is 1. The summed E-state index contributed by atoms with van der Waals surface area (Å²) in [6.45, 7) is 2.85. The molecule has 0 N–H and O–H groups in total. The molecule has 2 nitrogen and oxygen atoms in total. The van der Waals surface area contributed by atoms with Gasteiger partial charge in [-0.3, -0.25) is 9.69 Å². The molecule has 0 aromatic heterocycles. The topological polar surface area (TPSA) is 20.3 Å². The summed E-state index contributed by atoms with van der Waals surface area (Å²) >= 11 is 8.27. The maximum Gasteiger partial charge on any atom is 0.238 e. The zero-order valence-corrected chi connectivity index (χ0v) is 9.36. The third-order valence-electron chi connectivity index (χ3n) is 1.49. The second kappa shape index (κ2) is 5.09. The zero-order chi connectivity index (χ0) is 8.97. The van der Waals surface area contributed by atoms with E-state index in [0.717, 1.165) is 22.4 Å². The molecule has 0 aliphatic carbocycles. The first kappa shape index (κ1) is 10.3.